The first-order valence-electron chi connectivity index (χ1n) is 7.27. The molecule has 2 aromatic carbocycles. The summed E-state index contributed by atoms with van der Waals surface area (Å²) >= 11 is 0. The van der Waals surface area contributed by atoms with Gasteiger partial charge in [0.2, 0.25) is 0 Å². The van der Waals surface area contributed by atoms with Crippen LogP contribution in [0.15, 0.2) is 54.7 Å². The third-order valence-corrected chi connectivity index (χ3v) is 3.90. The Hall–Kier alpha value is -1.63. The summed E-state index contributed by atoms with van der Waals surface area (Å²) in [5.41, 5.74) is 4.60. The van der Waals surface area contributed by atoms with Gasteiger partial charge in [-0.2, -0.15) is 18.6 Å². The van der Waals surface area contributed by atoms with E-state index in [0.717, 1.165) is 16.8 Å². The summed E-state index contributed by atoms with van der Waals surface area (Å²) in [6.07, 6.45) is 1.87. The molecule has 0 amide bonds. The van der Waals surface area contributed by atoms with E-state index in [9.17, 15) is 0 Å². The fraction of sp³-hybridized carbons (Fsp3) is 0.200. The van der Waals surface area contributed by atoms with Crippen LogP contribution in [0.5, 0.6) is 0 Å². The van der Waals surface area contributed by atoms with Crippen LogP contribution in [0.2, 0.25) is 0 Å². The standard InChI is InChI=1S/C20H20N.Ir/c1-14-13-16(20(2,3)4)9-10-17(14)19-18-8-6-5-7-15(18)11-12-21-19;/h5-13H,1H2,2-4H3;/q-1;. The number of nitrogens with zero attached hydrogens (tertiary/aromatic N) is 1. The summed E-state index contributed by atoms with van der Waals surface area (Å²) in [6.45, 7) is 10.9. The molecule has 0 saturated carbocycles. The predicted molar refractivity (Wildman–Crippen MR) is 90.3 cm³/mol. The van der Waals surface area contributed by atoms with Crippen LogP contribution >= 0.6 is 0 Å². The molecule has 0 aliphatic carbocycles. The Labute approximate surface area is 146 Å². The van der Waals surface area contributed by atoms with Crippen LogP contribution in [-0.2, 0) is 25.5 Å². The second-order valence-electron chi connectivity index (χ2n) is 6.50. The zero-order valence-corrected chi connectivity index (χ0v) is 15.6. The van der Waals surface area contributed by atoms with Gasteiger partial charge in [-0.25, -0.2) is 0 Å². The molecule has 3 rings (SSSR count). The summed E-state index contributed by atoms with van der Waals surface area (Å²) in [7, 11) is 0. The number of hydrogen-bond donors (Lipinski definition) is 0. The first-order chi connectivity index (χ1) is 9.97. The monoisotopic (exact) mass is 467 g/mol. The van der Waals surface area contributed by atoms with Crippen LogP contribution < -0.4 is 0 Å². The van der Waals surface area contributed by atoms with E-state index < -0.39 is 0 Å². The molecule has 1 radical (unpaired) electrons. The summed E-state index contributed by atoms with van der Waals surface area (Å²) in [5, 5.41) is 2.38. The molecule has 0 saturated heterocycles. The van der Waals surface area contributed by atoms with Gasteiger partial charge in [0.05, 0.1) is 0 Å². The largest absolute Gasteiger partial charge is 0.269 e. The van der Waals surface area contributed by atoms with E-state index in [1.807, 2.05) is 12.3 Å². The molecule has 0 N–H and O–H groups in total. The Morgan fingerprint density at radius 2 is 1.68 bits per heavy atom. The van der Waals surface area contributed by atoms with E-state index in [0.29, 0.717) is 0 Å². The Kier molecular flexibility index (Phi) is 4.75. The van der Waals surface area contributed by atoms with Crippen molar-refractivity contribution in [3.63, 3.8) is 0 Å². The second kappa shape index (κ2) is 6.24. The van der Waals surface area contributed by atoms with Crippen molar-refractivity contribution in [3.05, 3.63) is 72.8 Å². The van der Waals surface area contributed by atoms with E-state index >= 15 is 0 Å². The molecule has 1 heterocycles. The molecule has 115 valence electrons. The van der Waals surface area contributed by atoms with Crippen molar-refractivity contribution in [1.82, 2.24) is 4.98 Å². The van der Waals surface area contributed by atoms with E-state index in [1.54, 1.807) is 0 Å². The molecule has 22 heavy (non-hydrogen) atoms. The Bertz CT molecular complexity index is 795. The molecule has 0 aliphatic heterocycles. The third kappa shape index (κ3) is 3.09. The average molecular weight is 467 g/mol. The first-order valence-corrected chi connectivity index (χ1v) is 7.27. The van der Waals surface area contributed by atoms with Crippen LogP contribution in [0.4, 0.5) is 0 Å². The van der Waals surface area contributed by atoms with Crippen molar-refractivity contribution in [2.75, 3.05) is 0 Å². The van der Waals surface area contributed by atoms with Gasteiger partial charge in [-0.15, -0.1) is 11.6 Å². The van der Waals surface area contributed by atoms with Crippen molar-refractivity contribution < 1.29 is 20.1 Å². The molecule has 3 aromatic rings. The Balaban J connectivity index is 0.00000176. The second-order valence-corrected chi connectivity index (χ2v) is 6.50. The molecule has 0 unspecified atom stereocenters. The number of benzene rings is 2. The smallest absolute Gasteiger partial charge is 0.0268 e. The fourth-order valence-electron chi connectivity index (χ4n) is 2.63. The maximum Gasteiger partial charge on any atom is 0.0268 e. The van der Waals surface area contributed by atoms with E-state index in [-0.39, 0.29) is 25.5 Å². The van der Waals surface area contributed by atoms with Gasteiger partial charge in [0.15, 0.2) is 0 Å². The molecule has 0 atom stereocenters. The molecule has 2 heteroatoms. The zero-order valence-electron chi connectivity index (χ0n) is 13.2. The fourth-order valence-corrected chi connectivity index (χ4v) is 2.63. The molecule has 0 spiro atoms. The van der Waals surface area contributed by atoms with Gasteiger partial charge in [-0.3, -0.25) is 4.98 Å². The normalized spacial score (nSPS) is 11.2. The third-order valence-electron chi connectivity index (χ3n) is 3.90. The van der Waals surface area contributed by atoms with E-state index in [2.05, 4.69) is 75.1 Å². The Morgan fingerprint density at radius 3 is 2.36 bits per heavy atom. The number of fused-ring (bicyclic) bond motifs is 1. The van der Waals surface area contributed by atoms with Crippen LogP contribution in [0.3, 0.4) is 0 Å². The van der Waals surface area contributed by atoms with Gasteiger partial charge in [0.25, 0.3) is 0 Å². The maximum absolute atomic E-state index is 4.59. The van der Waals surface area contributed by atoms with Crippen molar-refractivity contribution in [2.45, 2.75) is 26.2 Å². The molecule has 0 aliphatic rings. The molecule has 1 aromatic heterocycles. The minimum atomic E-state index is 0. The minimum Gasteiger partial charge on any atom is -0.269 e. The molecular weight excluding hydrogens is 446 g/mol. The van der Waals surface area contributed by atoms with Crippen molar-refractivity contribution in [2.24, 2.45) is 0 Å². The summed E-state index contributed by atoms with van der Waals surface area (Å²) in [6, 6.07) is 16.9. The number of rotatable bonds is 1. The number of aromatic nitrogens is 1. The molecule has 0 fully saturated rings. The summed E-state index contributed by atoms with van der Waals surface area (Å²) in [5.74, 6) is 0. The van der Waals surface area contributed by atoms with Gasteiger partial charge < -0.3 is 0 Å². The molecular formula is C20H20IrN-. The molecule has 1 nitrogen and oxygen atoms in total. The topological polar surface area (TPSA) is 12.9 Å². The van der Waals surface area contributed by atoms with Gasteiger partial charge >= 0.3 is 0 Å². The van der Waals surface area contributed by atoms with Gasteiger partial charge in [-0.05, 0) is 22.3 Å². The van der Waals surface area contributed by atoms with Gasteiger partial charge in [0, 0.05) is 32.0 Å². The van der Waals surface area contributed by atoms with Crippen LogP contribution in [-0.4, -0.2) is 4.98 Å². The van der Waals surface area contributed by atoms with Crippen molar-refractivity contribution >= 4 is 10.8 Å². The van der Waals surface area contributed by atoms with Crippen LogP contribution in [0.1, 0.15) is 31.9 Å². The summed E-state index contributed by atoms with van der Waals surface area (Å²) < 4.78 is 0. The van der Waals surface area contributed by atoms with Crippen molar-refractivity contribution in [3.8, 4) is 11.3 Å². The Morgan fingerprint density at radius 1 is 0.955 bits per heavy atom. The predicted octanol–water partition coefficient (Wildman–Crippen LogP) is 5.38. The van der Waals surface area contributed by atoms with E-state index in [4.69, 9.17) is 0 Å². The van der Waals surface area contributed by atoms with E-state index in [1.165, 1.54) is 16.3 Å². The number of pyridine rings is 1. The van der Waals surface area contributed by atoms with Gasteiger partial charge in [-0.1, -0.05) is 56.7 Å². The maximum atomic E-state index is 4.59. The average Bonchev–Trinajstić information content (AvgIpc) is 2.46. The van der Waals surface area contributed by atoms with Crippen molar-refractivity contribution in [1.29, 1.82) is 0 Å². The zero-order chi connectivity index (χ0) is 15.0. The van der Waals surface area contributed by atoms with Gasteiger partial charge in [0.1, 0.15) is 0 Å². The number of hydrogen-bond acceptors (Lipinski definition) is 1. The molecule has 0 bridgehead atoms. The van der Waals surface area contributed by atoms with Crippen LogP contribution in [0, 0.1) is 6.92 Å². The SMILES string of the molecule is [CH2-]c1cc(C(C)(C)C)ccc1-c1nccc2ccccc12.[Ir]. The first kappa shape index (κ1) is 16.7. The quantitative estimate of drug-likeness (QED) is 0.439. The van der Waals surface area contributed by atoms with Crippen LogP contribution in [0.25, 0.3) is 22.0 Å². The summed E-state index contributed by atoms with van der Waals surface area (Å²) in [4.78, 5) is 4.59. The minimum absolute atomic E-state index is 0.